The molecule has 0 aliphatic heterocycles. The van der Waals surface area contributed by atoms with Gasteiger partial charge in [-0.05, 0) is 31.9 Å². The van der Waals surface area contributed by atoms with Gasteiger partial charge in [-0.25, -0.2) is 4.79 Å². The lowest BCUT2D eigenvalue weighted by Crippen LogP contribution is -2.15. The number of esters is 1. The van der Waals surface area contributed by atoms with Gasteiger partial charge in [-0.15, -0.1) is 0 Å². The number of halogens is 1. The van der Waals surface area contributed by atoms with Crippen molar-refractivity contribution in [3.63, 3.8) is 0 Å². The molecule has 0 saturated heterocycles. The van der Waals surface area contributed by atoms with Gasteiger partial charge in [0.25, 0.3) is 0 Å². The van der Waals surface area contributed by atoms with E-state index in [4.69, 9.17) is 16.3 Å². The standard InChI is InChI=1S/C15H21ClO2/c1-3-4-5-6-9-12(2)18-15(17)13-10-7-8-11-14(13)16/h7-8,10-12H,3-6,9H2,1-2H3. The highest BCUT2D eigenvalue weighted by Crippen LogP contribution is 2.17. The van der Waals surface area contributed by atoms with Crippen LogP contribution in [0, 0.1) is 0 Å². The number of unbranched alkanes of at least 4 members (excludes halogenated alkanes) is 3. The fraction of sp³-hybridized carbons (Fsp3) is 0.533. The molecule has 0 aliphatic carbocycles. The molecule has 3 heteroatoms. The predicted octanol–water partition coefficient (Wildman–Crippen LogP) is 4.86. The predicted molar refractivity (Wildman–Crippen MR) is 75.1 cm³/mol. The molecule has 0 N–H and O–H groups in total. The van der Waals surface area contributed by atoms with Crippen LogP contribution in [-0.4, -0.2) is 12.1 Å². The van der Waals surface area contributed by atoms with Crippen molar-refractivity contribution in [1.29, 1.82) is 0 Å². The highest BCUT2D eigenvalue weighted by Gasteiger charge is 2.14. The van der Waals surface area contributed by atoms with E-state index >= 15 is 0 Å². The third kappa shape index (κ3) is 5.09. The number of carbonyl (C=O) groups excluding carboxylic acids is 1. The molecule has 0 aromatic heterocycles. The lowest BCUT2D eigenvalue weighted by molar-refractivity contribution is 0.0319. The van der Waals surface area contributed by atoms with Crippen molar-refractivity contribution in [2.45, 2.75) is 52.1 Å². The normalized spacial score (nSPS) is 12.2. The summed E-state index contributed by atoms with van der Waals surface area (Å²) in [5.41, 5.74) is 0.444. The summed E-state index contributed by atoms with van der Waals surface area (Å²) in [4.78, 5) is 11.9. The second-order valence-corrected chi connectivity index (χ2v) is 4.95. The van der Waals surface area contributed by atoms with E-state index in [2.05, 4.69) is 6.92 Å². The fourth-order valence-electron chi connectivity index (χ4n) is 1.79. The maximum atomic E-state index is 11.9. The Bertz CT molecular complexity index is 377. The summed E-state index contributed by atoms with van der Waals surface area (Å²) < 4.78 is 5.37. The molecule has 0 saturated carbocycles. The Morgan fingerprint density at radius 1 is 1.28 bits per heavy atom. The van der Waals surface area contributed by atoms with Gasteiger partial charge < -0.3 is 4.74 Å². The van der Waals surface area contributed by atoms with E-state index in [9.17, 15) is 4.79 Å². The number of ether oxygens (including phenoxy) is 1. The second-order valence-electron chi connectivity index (χ2n) is 4.55. The zero-order chi connectivity index (χ0) is 13.4. The Labute approximate surface area is 114 Å². The van der Waals surface area contributed by atoms with Crippen LogP contribution in [0.25, 0.3) is 0 Å². The van der Waals surface area contributed by atoms with Gasteiger partial charge in [0.2, 0.25) is 0 Å². The molecular formula is C15H21ClO2. The van der Waals surface area contributed by atoms with Gasteiger partial charge in [0, 0.05) is 0 Å². The van der Waals surface area contributed by atoms with E-state index in [1.807, 2.05) is 6.92 Å². The molecule has 2 nitrogen and oxygen atoms in total. The van der Waals surface area contributed by atoms with Crippen LogP contribution in [0.1, 0.15) is 56.3 Å². The van der Waals surface area contributed by atoms with Crippen LogP contribution >= 0.6 is 11.6 Å². The smallest absolute Gasteiger partial charge is 0.339 e. The van der Waals surface area contributed by atoms with Crippen LogP contribution in [-0.2, 0) is 4.74 Å². The Hall–Kier alpha value is -1.02. The third-order valence-corrected chi connectivity index (χ3v) is 3.20. The van der Waals surface area contributed by atoms with Gasteiger partial charge in [0.15, 0.2) is 0 Å². The molecule has 100 valence electrons. The SMILES string of the molecule is CCCCCCC(C)OC(=O)c1ccccc1Cl. The Kier molecular flexibility index (Phi) is 6.81. The molecule has 1 aromatic carbocycles. The van der Waals surface area contributed by atoms with E-state index in [0.717, 1.165) is 12.8 Å². The lowest BCUT2D eigenvalue weighted by Gasteiger charge is -2.13. The Balaban J connectivity index is 2.38. The van der Waals surface area contributed by atoms with E-state index < -0.39 is 0 Å². The molecule has 1 aromatic rings. The number of benzene rings is 1. The minimum absolute atomic E-state index is 0.0503. The molecule has 0 amide bonds. The molecule has 1 unspecified atom stereocenters. The molecular weight excluding hydrogens is 248 g/mol. The maximum Gasteiger partial charge on any atom is 0.339 e. The average Bonchev–Trinajstić information content (AvgIpc) is 2.35. The Morgan fingerprint density at radius 2 is 2.00 bits per heavy atom. The zero-order valence-electron chi connectivity index (χ0n) is 11.1. The lowest BCUT2D eigenvalue weighted by atomic mass is 10.1. The number of hydrogen-bond donors (Lipinski definition) is 0. The van der Waals surface area contributed by atoms with Gasteiger partial charge in [-0.2, -0.15) is 0 Å². The minimum atomic E-state index is -0.330. The van der Waals surface area contributed by atoms with E-state index in [-0.39, 0.29) is 12.1 Å². The summed E-state index contributed by atoms with van der Waals surface area (Å²) in [6.45, 7) is 4.11. The third-order valence-electron chi connectivity index (χ3n) is 2.87. The molecule has 0 heterocycles. The van der Waals surface area contributed by atoms with Gasteiger partial charge in [0.05, 0.1) is 16.7 Å². The second kappa shape index (κ2) is 8.15. The molecule has 1 atom stereocenters. The van der Waals surface area contributed by atoms with E-state index in [1.165, 1.54) is 19.3 Å². The summed E-state index contributed by atoms with van der Waals surface area (Å²) in [6.07, 6.45) is 5.62. The molecule has 0 bridgehead atoms. The summed E-state index contributed by atoms with van der Waals surface area (Å²) in [7, 11) is 0. The van der Waals surface area contributed by atoms with Crippen molar-refractivity contribution in [2.24, 2.45) is 0 Å². The number of carbonyl (C=O) groups is 1. The topological polar surface area (TPSA) is 26.3 Å². The number of rotatable bonds is 7. The summed E-state index contributed by atoms with van der Waals surface area (Å²) >= 11 is 5.95. The van der Waals surface area contributed by atoms with Gasteiger partial charge in [-0.3, -0.25) is 0 Å². The zero-order valence-corrected chi connectivity index (χ0v) is 11.9. The van der Waals surface area contributed by atoms with Gasteiger partial charge in [0.1, 0.15) is 0 Å². The van der Waals surface area contributed by atoms with Crippen LogP contribution in [0.3, 0.4) is 0 Å². The van der Waals surface area contributed by atoms with Gasteiger partial charge >= 0.3 is 5.97 Å². The van der Waals surface area contributed by atoms with Crippen molar-refractivity contribution in [1.82, 2.24) is 0 Å². The van der Waals surface area contributed by atoms with Crippen molar-refractivity contribution >= 4 is 17.6 Å². The molecule has 1 rings (SSSR count). The largest absolute Gasteiger partial charge is 0.459 e. The van der Waals surface area contributed by atoms with Gasteiger partial charge in [-0.1, -0.05) is 49.9 Å². The van der Waals surface area contributed by atoms with Crippen LogP contribution in [0.15, 0.2) is 24.3 Å². The first-order chi connectivity index (χ1) is 8.65. The van der Waals surface area contributed by atoms with E-state index in [1.54, 1.807) is 24.3 Å². The van der Waals surface area contributed by atoms with Crippen molar-refractivity contribution in [3.8, 4) is 0 Å². The van der Waals surface area contributed by atoms with Crippen molar-refractivity contribution < 1.29 is 9.53 Å². The molecule has 0 radical (unpaired) electrons. The van der Waals surface area contributed by atoms with E-state index in [0.29, 0.717) is 10.6 Å². The van der Waals surface area contributed by atoms with Crippen molar-refractivity contribution in [3.05, 3.63) is 34.9 Å². The van der Waals surface area contributed by atoms with Crippen LogP contribution in [0.2, 0.25) is 5.02 Å². The quantitative estimate of drug-likeness (QED) is 0.522. The van der Waals surface area contributed by atoms with Crippen molar-refractivity contribution in [2.75, 3.05) is 0 Å². The van der Waals surface area contributed by atoms with Crippen LogP contribution < -0.4 is 0 Å². The summed E-state index contributed by atoms with van der Waals surface area (Å²) in [5.74, 6) is -0.330. The summed E-state index contributed by atoms with van der Waals surface area (Å²) in [6, 6.07) is 6.97. The first-order valence-electron chi connectivity index (χ1n) is 6.60. The molecule has 0 aliphatic rings. The molecule has 0 fully saturated rings. The minimum Gasteiger partial charge on any atom is -0.459 e. The molecule has 18 heavy (non-hydrogen) atoms. The van der Waals surface area contributed by atoms with Crippen LogP contribution in [0.4, 0.5) is 0 Å². The highest BCUT2D eigenvalue weighted by molar-refractivity contribution is 6.33. The highest BCUT2D eigenvalue weighted by atomic mass is 35.5. The van der Waals surface area contributed by atoms with Crippen LogP contribution in [0.5, 0.6) is 0 Å². The first-order valence-corrected chi connectivity index (χ1v) is 6.98. The number of hydrogen-bond acceptors (Lipinski definition) is 2. The monoisotopic (exact) mass is 268 g/mol. The summed E-state index contributed by atoms with van der Waals surface area (Å²) in [5, 5.41) is 0.445. The first kappa shape index (κ1) is 15.0. The fourth-order valence-corrected chi connectivity index (χ4v) is 2.00. The Morgan fingerprint density at radius 3 is 2.67 bits per heavy atom. The maximum absolute atomic E-state index is 11.9. The average molecular weight is 269 g/mol. The molecule has 0 spiro atoms.